The third-order valence-corrected chi connectivity index (χ3v) is 5.98. The van der Waals surface area contributed by atoms with Gasteiger partial charge in [-0.3, -0.25) is 0 Å². The Kier molecular flexibility index (Phi) is 5.20. The van der Waals surface area contributed by atoms with Crippen molar-refractivity contribution in [3.05, 3.63) is 11.1 Å². The van der Waals surface area contributed by atoms with Gasteiger partial charge in [0.2, 0.25) is 0 Å². The van der Waals surface area contributed by atoms with E-state index in [1.807, 2.05) is 11.1 Å². The molecule has 0 unspecified atom stereocenters. The standard InChI is InChI=1S/C10H14Br3ClO/c1-9(13,6-14)8-5-7(12)10(2,15-8)3-4-11/h3-4,7-8H,5-6H2,1-2H3/b4-3+/t7-,8-,9+,10+/m1/s1. The SMILES string of the molecule is C[C@](Br)(CCl)[C@H]1C[C@@H](Br)[C@](C)(/C=C/Br)O1. The molecule has 0 amide bonds. The summed E-state index contributed by atoms with van der Waals surface area (Å²) in [5, 5.41) is 0. The first-order chi connectivity index (χ1) is 6.85. The minimum Gasteiger partial charge on any atom is -0.365 e. The van der Waals surface area contributed by atoms with Crippen molar-refractivity contribution in [2.45, 2.75) is 41.1 Å². The van der Waals surface area contributed by atoms with Crippen molar-refractivity contribution in [2.24, 2.45) is 0 Å². The summed E-state index contributed by atoms with van der Waals surface area (Å²) in [7, 11) is 0. The average molecular weight is 425 g/mol. The van der Waals surface area contributed by atoms with Crippen LogP contribution in [0.15, 0.2) is 11.1 Å². The van der Waals surface area contributed by atoms with E-state index in [2.05, 4.69) is 61.6 Å². The lowest BCUT2D eigenvalue weighted by molar-refractivity contribution is -0.00458. The van der Waals surface area contributed by atoms with Gasteiger partial charge in [0.15, 0.2) is 0 Å². The molecule has 15 heavy (non-hydrogen) atoms. The van der Waals surface area contributed by atoms with Crippen LogP contribution in [0.3, 0.4) is 0 Å². The van der Waals surface area contributed by atoms with E-state index in [4.69, 9.17) is 16.3 Å². The molecule has 0 N–H and O–H groups in total. The molecule has 1 rings (SSSR count). The highest BCUT2D eigenvalue weighted by Gasteiger charge is 2.48. The first-order valence-electron chi connectivity index (χ1n) is 4.70. The Morgan fingerprint density at radius 2 is 2.27 bits per heavy atom. The molecule has 0 aliphatic carbocycles. The largest absolute Gasteiger partial charge is 0.365 e. The van der Waals surface area contributed by atoms with Crippen LogP contribution in [0.5, 0.6) is 0 Å². The monoisotopic (exact) mass is 422 g/mol. The van der Waals surface area contributed by atoms with Gasteiger partial charge in [0.25, 0.3) is 0 Å². The molecular formula is C10H14Br3ClO. The average Bonchev–Trinajstić information content (AvgIpc) is 2.45. The Hall–Kier alpha value is 1.43. The van der Waals surface area contributed by atoms with E-state index in [9.17, 15) is 0 Å². The second-order valence-corrected chi connectivity index (χ2v) is 7.91. The van der Waals surface area contributed by atoms with Crippen molar-refractivity contribution in [1.82, 2.24) is 0 Å². The molecule has 0 aromatic rings. The predicted molar refractivity (Wildman–Crippen MR) is 76.7 cm³/mol. The maximum atomic E-state index is 6.06. The summed E-state index contributed by atoms with van der Waals surface area (Å²) in [4.78, 5) is 2.15. The smallest absolute Gasteiger partial charge is 0.0972 e. The summed E-state index contributed by atoms with van der Waals surface area (Å²) in [5.41, 5.74) is -0.269. The van der Waals surface area contributed by atoms with Crippen LogP contribution in [-0.4, -0.2) is 26.7 Å². The maximum Gasteiger partial charge on any atom is 0.0972 e. The minimum atomic E-state index is -0.269. The summed E-state index contributed by atoms with van der Waals surface area (Å²) in [6.07, 6.45) is 3.08. The van der Waals surface area contributed by atoms with Crippen LogP contribution in [0.1, 0.15) is 20.3 Å². The molecule has 1 aliphatic rings. The molecule has 0 spiro atoms. The normalized spacial score (nSPS) is 40.9. The summed E-state index contributed by atoms with van der Waals surface area (Å²) < 4.78 is 5.89. The van der Waals surface area contributed by atoms with Crippen LogP contribution >= 0.6 is 59.4 Å². The molecule has 0 aromatic carbocycles. The fraction of sp³-hybridized carbons (Fsp3) is 0.800. The second kappa shape index (κ2) is 5.38. The number of halogens is 4. The molecule has 0 radical (unpaired) electrons. The molecular weight excluding hydrogens is 411 g/mol. The van der Waals surface area contributed by atoms with Crippen molar-refractivity contribution in [3.8, 4) is 0 Å². The fourth-order valence-electron chi connectivity index (χ4n) is 1.57. The van der Waals surface area contributed by atoms with Gasteiger partial charge in [-0.2, -0.15) is 0 Å². The van der Waals surface area contributed by atoms with Gasteiger partial charge in [-0.05, 0) is 31.3 Å². The Morgan fingerprint density at radius 1 is 1.67 bits per heavy atom. The third kappa shape index (κ3) is 3.21. The lowest BCUT2D eigenvalue weighted by atomic mass is 9.99. The van der Waals surface area contributed by atoms with Crippen molar-refractivity contribution in [2.75, 3.05) is 5.88 Å². The van der Waals surface area contributed by atoms with Crippen molar-refractivity contribution in [1.29, 1.82) is 0 Å². The van der Waals surface area contributed by atoms with E-state index in [-0.39, 0.29) is 16.0 Å². The Morgan fingerprint density at radius 3 is 2.73 bits per heavy atom. The van der Waals surface area contributed by atoms with Crippen LogP contribution in [0.2, 0.25) is 0 Å². The lowest BCUT2D eigenvalue weighted by Gasteiger charge is -2.29. The summed E-state index contributed by atoms with van der Waals surface area (Å²) in [6, 6.07) is 0. The first kappa shape index (κ1) is 14.5. The maximum absolute atomic E-state index is 6.06. The van der Waals surface area contributed by atoms with Crippen molar-refractivity contribution in [3.63, 3.8) is 0 Å². The van der Waals surface area contributed by atoms with Gasteiger partial charge < -0.3 is 4.74 Å². The third-order valence-electron chi connectivity index (χ3n) is 2.77. The van der Waals surface area contributed by atoms with Gasteiger partial charge in [0.05, 0.1) is 16.0 Å². The minimum absolute atomic E-state index is 0.119. The molecule has 1 heterocycles. The number of hydrogen-bond donors (Lipinski definition) is 0. The zero-order chi connectivity index (χ0) is 11.7. The predicted octanol–water partition coefficient (Wildman–Crippen LogP) is 4.60. The summed E-state index contributed by atoms with van der Waals surface area (Å²) >= 11 is 16.5. The van der Waals surface area contributed by atoms with Crippen molar-refractivity contribution >= 4 is 59.4 Å². The van der Waals surface area contributed by atoms with Gasteiger partial charge in [-0.25, -0.2) is 0 Å². The summed E-state index contributed by atoms with van der Waals surface area (Å²) in [6.45, 7) is 4.13. The highest BCUT2D eigenvalue weighted by molar-refractivity contribution is 9.11. The molecule has 5 heteroatoms. The molecule has 1 nitrogen and oxygen atoms in total. The van der Waals surface area contributed by atoms with E-state index in [1.165, 1.54) is 0 Å². The quantitative estimate of drug-likeness (QED) is 0.601. The zero-order valence-electron chi connectivity index (χ0n) is 8.64. The molecule has 0 aromatic heterocycles. The number of ether oxygens (including phenoxy) is 1. The second-order valence-electron chi connectivity index (χ2n) is 4.20. The topological polar surface area (TPSA) is 9.23 Å². The van der Waals surface area contributed by atoms with Gasteiger partial charge >= 0.3 is 0 Å². The van der Waals surface area contributed by atoms with E-state index in [0.717, 1.165) is 6.42 Å². The number of rotatable bonds is 3. The van der Waals surface area contributed by atoms with Crippen LogP contribution in [0, 0.1) is 0 Å². The van der Waals surface area contributed by atoms with Gasteiger partial charge in [0.1, 0.15) is 0 Å². The number of hydrogen-bond acceptors (Lipinski definition) is 1. The Bertz CT molecular complexity index is 257. The van der Waals surface area contributed by atoms with E-state index in [0.29, 0.717) is 10.7 Å². The van der Waals surface area contributed by atoms with Crippen LogP contribution in [0.25, 0.3) is 0 Å². The highest BCUT2D eigenvalue weighted by Crippen LogP contribution is 2.43. The van der Waals surface area contributed by atoms with E-state index >= 15 is 0 Å². The fourth-order valence-corrected chi connectivity index (χ4v) is 3.15. The molecule has 0 bridgehead atoms. The molecule has 1 aliphatic heterocycles. The molecule has 4 atom stereocenters. The summed E-state index contributed by atoms with van der Waals surface area (Å²) in [5.74, 6) is 0.533. The molecule has 1 saturated heterocycles. The number of alkyl halides is 3. The highest BCUT2D eigenvalue weighted by atomic mass is 79.9. The van der Waals surface area contributed by atoms with E-state index in [1.54, 1.807) is 0 Å². The zero-order valence-corrected chi connectivity index (χ0v) is 14.2. The Balaban J connectivity index is 2.80. The van der Waals surface area contributed by atoms with Gasteiger partial charge in [-0.1, -0.05) is 47.8 Å². The Labute approximate surface area is 121 Å². The van der Waals surface area contributed by atoms with Crippen molar-refractivity contribution < 1.29 is 4.74 Å². The van der Waals surface area contributed by atoms with Crippen LogP contribution in [-0.2, 0) is 4.74 Å². The lowest BCUT2D eigenvalue weighted by Crippen LogP contribution is -2.37. The van der Waals surface area contributed by atoms with E-state index < -0.39 is 0 Å². The molecule has 0 saturated carbocycles. The van der Waals surface area contributed by atoms with Gasteiger partial charge in [-0.15, -0.1) is 11.6 Å². The van der Waals surface area contributed by atoms with Crippen LogP contribution in [0.4, 0.5) is 0 Å². The first-order valence-corrected chi connectivity index (χ1v) is 7.86. The van der Waals surface area contributed by atoms with Crippen LogP contribution < -0.4 is 0 Å². The molecule has 1 fully saturated rings. The molecule has 88 valence electrons. The van der Waals surface area contributed by atoms with Gasteiger partial charge in [0, 0.05) is 10.7 Å².